The van der Waals surface area contributed by atoms with E-state index < -0.39 is 5.97 Å². The molecule has 0 atom stereocenters. The first-order valence-corrected chi connectivity index (χ1v) is 5.41. The lowest BCUT2D eigenvalue weighted by atomic mass is 10.1. The first-order valence-electron chi connectivity index (χ1n) is 5.41. The summed E-state index contributed by atoms with van der Waals surface area (Å²) in [4.78, 5) is 10.9. The second kappa shape index (κ2) is 7.29. The van der Waals surface area contributed by atoms with Gasteiger partial charge in [-0.1, -0.05) is 12.1 Å². The molecule has 0 bridgehead atoms. The Morgan fingerprint density at radius 2 is 2.29 bits per heavy atom. The first kappa shape index (κ1) is 13.0. The molecule has 0 radical (unpaired) electrons. The molecule has 0 N–H and O–H groups in total. The lowest BCUT2D eigenvalue weighted by Crippen LogP contribution is -2.12. The summed E-state index contributed by atoms with van der Waals surface area (Å²) in [6.45, 7) is -0.0852. The molecule has 0 aliphatic rings. The fourth-order valence-corrected chi connectivity index (χ4v) is 1.36. The second-order valence-electron chi connectivity index (χ2n) is 3.52. The van der Waals surface area contributed by atoms with Gasteiger partial charge in [0.05, 0.1) is 13.2 Å². The van der Waals surface area contributed by atoms with Gasteiger partial charge in [-0.2, -0.15) is 5.26 Å². The molecular weight excluding hydrogens is 218 g/mol. The monoisotopic (exact) mass is 233 g/mol. The fraction of sp³-hybridized carbons (Fsp3) is 0.385. The van der Waals surface area contributed by atoms with Crippen LogP contribution in [-0.2, 0) is 16.0 Å². The molecule has 17 heavy (non-hydrogen) atoms. The minimum atomic E-state index is -0.403. The van der Waals surface area contributed by atoms with Crippen LogP contribution in [0.3, 0.4) is 0 Å². The zero-order chi connectivity index (χ0) is 12.5. The number of rotatable bonds is 6. The molecule has 1 aromatic rings. The van der Waals surface area contributed by atoms with Gasteiger partial charge in [-0.3, -0.25) is 0 Å². The van der Waals surface area contributed by atoms with Gasteiger partial charge >= 0.3 is 5.97 Å². The zero-order valence-corrected chi connectivity index (χ0v) is 9.81. The van der Waals surface area contributed by atoms with Gasteiger partial charge in [0, 0.05) is 6.42 Å². The number of ether oxygens (including phenoxy) is 2. The summed E-state index contributed by atoms with van der Waals surface area (Å²) in [5, 5.41) is 8.45. The van der Waals surface area contributed by atoms with Crippen LogP contribution in [0.4, 0.5) is 0 Å². The van der Waals surface area contributed by atoms with Crippen molar-refractivity contribution in [2.75, 3.05) is 13.7 Å². The normalized spacial score (nSPS) is 9.41. The standard InChI is InChI=1S/C13H15NO3/c1-16-13(15)10-17-12-7-4-6-11(9-12)5-2-3-8-14/h4,6-7,9H,2-3,5,10H2,1H3. The summed E-state index contributed by atoms with van der Waals surface area (Å²) in [6, 6.07) is 9.62. The van der Waals surface area contributed by atoms with Gasteiger partial charge in [0.2, 0.25) is 0 Å². The molecule has 0 saturated carbocycles. The summed E-state index contributed by atoms with van der Waals surface area (Å²) in [5.74, 6) is 0.241. The zero-order valence-electron chi connectivity index (χ0n) is 9.81. The minimum absolute atomic E-state index is 0.0852. The number of aryl methyl sites for hydroxylation is 1. The Balaban J connectivity index is 2.48. The Morgan fingerprint density at radius 3 is 3.00 bits per heavy atom. The summed E-state index contributed by atoms with van der Waals surface area (Å²) in [5.41, 5.74) is 1.10. The average molecular weight is 233 g/mol. The highest BCUT2D eigenvalue weighted by molar-refractivity contribution is 5.70. The van der Waals surface area contributed by atoms with E-state index in [1.807, 2.05) is 18.2 Å². The maximum Gasteiger partial charge on any atom is 0.343 e. The fourth-order valence-electron chi connectivity index (χ4n) is 1.36. The number of esters is 1. The van der Waals surface area contributed by atoms with Gasteiger partial charge in [-0.25, -0.2) is 4.79 Å². The molecule has 0 aromatic heterocycles. The first-order chi connectivity index (χ1) is 8.26. The van der Waals surface area contributed by atoms with E-state index in [1.54, 1.807) is 6.07 Å². The smallest absolute Gasteiger partial charge is 0.343 e. The molecule has 0 aliphatic heterocycles. The number of carbonyl (C=O) groups excluding carboxylic acids is 1. The van der Waals surface area contributed by atoms with E-state index in [9.17, 15) is 4.79 Å². The average Bonchev–Trinajstić information content (AvgIpc) is 2.37. The number of carbonyl (C=O) groups is 1. The number of unbranched alkanes of at least 4 members (excludes halogenated alkanes) is 1. The summed E-state index contributed by atoms with van der Waals surface area (Å²) in [6.07, 6.45) is 2.22. The Morgan fingerprint density at radius 1 is 1.47 bits per heavy atom. The predicted octanol–water partition coefficient (Wildman–Crippen LogP) is 2.08. The van der Waals surface area contributed by atoms with Crippen LogP contribution in [0.25, 0.3) is 0 Å². The van der Waals surface area contributed by atoms with Crippen LogP contribution in [0.2, 0.25) is 0 Å². The molecule has 0 unspecified atom stereocenters. The molecule has 4 nitrogen and oxygen atoms in total. The van der Waals surface area contributed by atoms with Crippen molar-refractivity contribution < 1.29 is 14.3 Å². The highest BCUT2D eigenvalue weighted by Gasteiger charge is 2.02. The SMILES string of the molecule is COC(=O)COc1cccc(CCCC#N)c1. The van der Waals surface area contributed by atoms with Crippen molar-refractivity contribution >= 4 is 5.97 Å². The van der Waals surface area contributed by atoms with Crippen LogP contribution in [-0.4, -0.2) is 19.7 Å². The Labute approximate surface area is 101 Å². The van der Waals surface area contributed by atoms with Gasteiger partial charge < -0.3 is 9.47 Å². The van der Waals surface area contributed by atoms with Crippen LogP contribution in [0.1, 0.15) is 18.4 Å². The predicted molar refractivity (Wildman–Crippen MR) is 62.5 cm³/mol. The number of hydrogen-bond donors (Lipinski definition) is 0. The molecule has 90 valence electrons. The maximum atomic E-state index is 10.9. The molecule has 0 aliphatic carbocycles. The van der Waals surface area contributed by atoms with E-state index in [0.29, 0.717) is 12.2 Å². The van der Waals surface area contributed by atoms with Gasteiger partial charge in [0.15, 0.2) is 6.61 Å². The Hall–Kier alpha value is -2.02. The van der Waals surface area contributed by atoms with Crippen LogP contribution < -0.4 is 4.74 Å². The minimum Gasteiger partial charge on any atom is -0.482 e. The highest BCUT2D eigenvalue weighted by atomic mass is 16.6. The van der Waals surface area contributed by atoms with E-state index >= 15 is 0 Å². The van der Waals surface area contributed by atoms with E-state index in [2.05, 4.69) is 10.8 Å². The summed E-state index contributed by atoms with van der Waals surface area (Å²) < 4.78 is 9.75. The third-order valence-corrected chi connectivity index (χ3v) is 2.24. The molecule has 0 spiro atoms. The van der Waals surface area contributed by atoms with E-state index in [4.69, 9.17) is 10.00 Å². The number of benzene rings is 1. The molecule has 0 heterocycles. The molecule has 0 saturated heterocycles. The van der Waals surface area contributed by atoms with Gasteiger partial charge in [-0.05, 0) is 30.5 Å². The van der Waals surface area contributed by atoms with Gasteiger partial charge in [-0.15, -0.1) is 0 Å². The number of nitriles is 1. The number of nitrogens with zero attached hydrogens (tertiary/aromatic N) is 1. The van der Waals surface area contributed by atoms with E-state index in [0.717, 1.165) is 18.4 Å². The maximum absolute atomic E-state index is 10.9. The largest absolute Gasteiger partial charge is 0.482 e. The molecule has 4 heteroatoms. The third kappa shape index (κ3) is 5.03. The van der Waals surface area contributed by atoms with E-state index in [-0.39, 0.29) is 6.61 Å². The quantitative estimate of drug-likeness (QED) is 0.557. The van der Waals surface area contributed by atoms with Crippen LogP contribution >= 0.6 is 0 Å². The second-order valence-corrected chi connectivity index (χ2v) is 3.52. The molecule has 1 aromatic carbocycles. The van der Waals surface area contributed by atoms with Crippen molar-refractivity contribution in [1.82, 2.24) is 0 Å². The Bertz CT molecular complexity index is 409. The van der Waals surface area contributed by atoms with Crippen molar-refractivity contribution in [3.63, 3.8) is 0 Å². The van der Waals surface area contributed by atoms with E-state index in [1.165, 1.54) is 7.11 Å². The molecule has 1 rings (SSSR count). The van der Waals surface area contributed by atoms with Crippen LogP contribution in [0.5, 0.6) is 5.75 Å². The lowest BCUT2D eigenvalue weighted by molar-refractivity contribution is -0.142. The van der Waals surface area contributed by atoms with Crippen molar-refractivity contribution in [3.8, 4) is 11.8 Å². The van der Waals surface area contributed by atoms with Gasteiger partial charge in [0.25, 0.3) is 0 Å². The molecular formula is C13H15NO3. The number of hydrogen-bond acceptors (Lipinski definition) is 4. The summed E-state index contributed by atoms with van der Waals surface area (Å²) >= 11 is 0. The lowest BCUT2D eigenvalue weighted by Gasteiger charge is -2.06. The summed E-state index contributed by atoms with van der Waals surface area (Å²) in [7, 11) is 1.32. The van der Waals surface area contributed by atoms with Crippen molar-refractivity contribution in [3.05, 3.63) is 29.8 Å². The van der Waals surface area contributed by atoms with Crippen molar-refractivity contribution in [2.24, 2.45) is 0 Å². The van der Waals surface area contributed by atoms with Crippen molar-refractivity contribution in [1.29, 1.82) is 5.26 Å². The third-order valence-electron chi connectivity index (χ3n) is 2.24. The Kier molecular flexibility index (Phi) is 5.59. The number of methoxy groups -OCH3 is 1. The van der Waals surface area contributed by atoms with Crippen LogP contribution in [0.15, 0.2) is 24.3 Å². The molecule has 0 fully saturated rings. The highest BCUT2D eigenvalue weighted by Crippen LogP contribution is 2.15. The van der Waals surface area contributed by atoms with Gasteiger partial charge in [0.1, 0.15) is 5.75 Å². The van der Waals surface area contributed by atoms with Crippen LogP contribution in [0, 0.1) is 11.3 Å². The topological polar surface area (TPSA) is 59.3 Å². The van der Waals surface area contributed by atoms with Crippen molar-refractivity contribution in [2.45, 2.75) is 19.3 Å². The molecule has 0 amide bonds.